The van der Waals surface area contributed by atoms with Crippen molar-refractivity contribution in [3.63, 3.8) is 0 Å². The lowest BCUT2D eigenvalue weighted by Crippen LogP contribution is -2.21. The maximum Gasteiger partial charge on any atom is 0.265 e. The van der Waals surface area contributed by atoms with Crippen LogP contribution in [0.25, 0.3) is 0 Å². The first-order valence-electron chi connectivity index (χ1n) is 5.07. The Balaban J connectivity index is 2.43. The molecule has 18 heavy (non-hydrogen) atoms. The van der Waals surface area contributed by atoms with E-state index in [4.69, 9.17) is 5.73 Å². The minimum Gasteiger partial charge on any atom is -0.398 e. The second kappa shape index (κ2) is 5.59. The molecule has 0 radical (unpaired) electrons. The number of halogens is 3. The Kier molecular flexibility index (Phi) is 4.29. The van der Waals surface area contributed by atoms with Crippen molar-refractivity contribution in [1.29, 1.82) is 0 Å². The van der Waals surface area contributed by atoms with Crippen LogP contribution in [0.15, 0.2) is 48.7 Å². The molecule has 94 valence electrons. The predicted molar refractivity (Wildman–Crippen MR) is 83.8 cm³/mol. The summed E-state index contributed by atoms with van der Waals surface area (Å²) in [7, 11) is 0. The molecule has 0 aliphatic carbocycles. The zero-order valence-corrected chi connectivity index (χ0v) is 13.9. The van der Waals surface area contributed by atoms with Crippen LogP contribution in [0, 0.1) is 0 Å². The third kappa shape index (κ3) is 3.05. The first-order valence-corrected chi connectivity index (χ1v) is 7.44. The molecule has 2 aromatic rings. The molecule has 6 heteroatoms. The summed E-state index contributed by atoms with van der Waals surface area (Å²) in [5, 5.41) is 0. The van der Waals surface area contributed by atoms with Crippen LogP contribution < -0.4 is 11.3 Å². The highest BCUT2D eigenvalue weighted by Crippen LogP contribution is 2.20. The van der Waals surface area contributed by atoms with Crippen LogP contribution in [-0.2, 0) is 6.54 Å². The van der Waals surface area contributed by atoms with Crippen LogP contribution in [-0.4, -0.2) is 4.57 Å². The van der Waals surface area contributed by atoms with Gasteiger partial charge < -0.3 is 10.3 Å². The summed E-state index contributed by atoms with van der Waals surface area (Å²) < 4.78 is 3.89. The van der Waals surface area contributed by atoms with Gasteiger partial charge in [-0.15, -0.1) is 0 Å². The second-order valence-corrected chi connectivity index (χ2v) is 6.47. The van der Waals surface area contributed by atoms with Crippen molar-refractivity contribution < 1.29 is 0 Å². The van der Waals surface area contributed by atoms with Gasteiger partial charge in [0.2, 0.25) is 0 Å². The Morgan fingerprint density at radius 2 is 1.83 bits per heavy atom. The molecule has 0 amide bonds. The predicted octanol–water partition coefficient (Wildman–Crippen LogP) is 3.77. The van der Waals surface area contributed by atoms with E-state index in [1.165, 1.54) is 0 Å². The summed E-state index contributed by atoms with van der Waals surface area (Å²) >= 11 is 9.96. The quantitative estimate of drug-likeness (QED) is 0.728. The average Bonchev–Trinajstić information content (AvgIpc) is 2.29. The summed E-state index contributed by atoms with van der Waals surface area (Å²) in [6.45, 7) is 0.440. The Morgan fingerprint density at radius 3 is 2.50 bits per heavy atom. The molecule has 2 rings (SSSR count). The van der Waals surface area contributed by atoms with E-state index in [0.29, 0.717) is 16.7 Å². The second-order valence-electron chi connectivity index (χ2n) is 3.78. The maximum atomic E-state index is 11.9. The Labute approximate surface area is 129 Å². The van der Waals surface area contributed by atoms with Crippen molar-refractivity contribution in [2.75, 3.05) is 5.73 Å². The molecule has 0 spiro atoms. The van der Waals surface area contributed by atoms with E-state index in [0.717, 1.165) is 14.5 Å². The SMILES string of the molecule is Nc1cc(Br)ccc1Cn1cc(Br)cc(Br)c1=O. The van der Waals surface area contributed by atoms with Gasteiger partial charge in [-0.3, -0.25) is 4.79 Å². The van der Waals surface area contributed by atoms with Crippen LogP contribution in [0.4, 0.5) is 5.69 Å². The highest BCUT2D eigenvalue weighted by Gasteiger charge is 2.06. The van der Waals surface area contributed by atoms with E-state index in [1.807, 2.05) is 18.2 Å². The standard InChI is InChI=1S/C12H9Br3N2O/c13-8-2-1-7(11(16)4-8)5-17-6-9(14)3-10(15)12(17)18/h1-4,6H,5,16H2. The van der Waals surface area contributed by atoms with Gasteiger partial charge in [0.25, 0.3) is 5.56 Å². The zero-order valence-electron chi connectivity index (χ0n) is 9.16. The highest BCUT2D eigenvalue weighted by molar-refractivity contribution is 9.11. The Hall–Kier alpha value is -0.590. The smallest absolute Gasteiger partial charge is 0.265 e. The van der Waals surface area contributed by atoms with Gasteiger partial charge >= 0.3 is 0 Å². The molecule has 2 N–H and O–H groups in total. The molecule has 0 saturated heterocycles. The van der Waals surface area contributed by atoms with Crippen molar-refractivity contribution in [3.05, 3.63) is 59.8 Å². The lowest BCUT2D eigenvalue weighted by Gasteiger charge is -2.10. The molecule has 0 bridgehead atoms. The molecule has 0 aliphatic rings. The van der Waals surface area contributed by atoms with Gasteiger partial charge in [-0.25, -0.2) is 0 Å². The fraction of sp³-hybridized carbons (Fsp3) is 0.0833. The minimum absolute atomic E-state index is 0.0829. The third-order valence-electron chi connectivity index (χ3n) is 2.46. The molecule has 0 unspecified atom stereocenters. The lowest BCUT2D eigenvalue weighted by molar-refractivity contribution is 0.753. The number of hydrogen-bond donors (Lipinski definition) is 1. The van der Waals surface area contributed by atoms with Crippen LogP contribution in [0.2, 0.25) is 0 Å². The first kappa shape index (κ1) is 13.8. The molecular formula is C12H9Br3N2O. The number of aromatic nitrogens is 1. The minimum atomic E-state index is -0.0829. The number of anilines is 1. The van der Waals surface area contributed by atoms with Gasteiger partial charge in [0.05, 0.1) is 11.0 Å². The van der Waals surface area contributed by atoms with Crippen molar-refractivity contribution in [3.8, 4) is 0 Å². The van der Waals surface area contributed by atoms with Gasteiger partial charge in [-0.05, 0) is 55.6 Å². The largest absolute Gasteiger partial charge is 0.398 e. The summed E-state index contributed by atoms with van der Waals surface area (Å²) in [5.41, 5.74) is 7.41. The molecule has 1 aromatic heterocycles. The topological polar surface area (TPSA) is 48.0 Å². The summed E-state index contributed by atoms with van der Waals surface area (Å²) in [6.07, 6.45) is 1.74. The normalized spacial score (nSPS) is 10.6. The number of benzene rings is 1. The zero-order chi connectivity index (χ0) is 13.3. The van der Waals surface area contributed by atoms with Gasteiger partial charge in [-0.1, -0.05) is 22.0 Å². The number of rotatable bonds is 2. The van der Waals surface area contributed by atoms with Crippen molar-refractivity contribution in [2.45, 2.75) is 6.54 Å². The molecule has 0 aliphatic heterocycles. The van der Waals surface area contributed by atoms with Gasteiger partial charge in [0.15, 0.2) is 0 Å². The third-order valence-corrected chi connectivity index (χ3v) is 3.95. The Morgan fingerprint density at radius 1 is 1.11 bits per heavy atom. The van der Waals surface area contributed by atoms with Crippen LogP contribution in [0.5, 0.6) is 0 Å². The summed E-state index contributed by atoms with van der Waals surface area (Å²) in [6, 6.07) is 7.36. The van der Waals surface area contributed by atoms with Crippen LogP contribution >= 0.6 is 47.8 Å². The lowest BCUT2D eigenvalue weighted by atomic mass is 10.2. The van der Waals surface area contributed by atoms with Crippen molar-refractivity contribution in [1.82, 2.24) is 4.57 Å². The molecule has 0 fully saturated rings. The fourth-order valence-corrected chi connectivity index (χ4v) is 3.21. The van der Waals surface area contributed by atoms with E-state index in [9.17, 15) is 4.79 Å². The molecule has 0 saturated carbocycles. The van der Waals surface area contributed by atoms with Crippen molar-refractivity contribution >= 4 is 53.5 Å². The van der Waals surface area contributed by atoms with E-state index in [-0.39, 0.29) is 5.56 Å². The molecule has 3 nitrogen and oxygen atoms in total. The van der Waals surface area contributed by atoms with Gasteiger partial charge in [0, 0.05) is 20.8 Å². The highest BCUT2D eigenvalue weighted by atomic mass is 79.9. The number of nitrogen functional groups attached to an aromatic ring is 1. The van der Waals surface area contributed by atoms with Crippen LogP contribution in [0.3, 0.4) is 0 Å². The van der Waals surface area contributed by atoms with E-state index < -0.39 is 0 Å². The van der Waals surface area contributed by atoms with Crippen LogP contribution in [0.1, 0.15) is 5.56 Å². The summed E-state index contributed by atoms with van der Waals surface area (Å²) in [4.78, 5) is 11.9. The maximum absolute atomic E-state index is 11.9. The monoisotopic (exact) mass is 434 g/mol. The molecule has 1 heterocycles. The van der Waals surface area contributed by atoms with Crippen molar-refractivity contribution in [2.24, 2.45) is 0 Å². The first-order chi connectivity index (χ1) is 8.47. The van der Waals surface area contributed by atoms with E-state index in [1.54, 1.807) is 16.8 Å². The van der Waals surface area contributed by atoms with Gasteiger partial charge in [0.1, 0.15) is 0 Å². The number of pyridine rings is 1. The number of nitrogens with two attached hydrogens (primary N) is 1. The molecule has 1 aromatic carbocycles. The molecule has 0 atom stereocenters. The van der Waals surface area contributed by atoms with E-state index >= 15 is 0 Å². The molecular weight excluding hydrogens is 428 g/mol. The number of hydrogen-bond acceptors (Lipinski definition) is 2. The summed E-state index contributed by atoms with van der Waals surface area (Å²) in [5.74, 6) is 0. The average molecular weight is 437 g/mol. The Bertz CT molecular complexity index is 652. The fourth-order valence-electron chi connectivity index (χ4n) is 1.58. The van der Waals surface area contributed by atoms with E-state index in [2.05, 4.69) is 47.8 Å². The number of nitrogens with zero attached hydrogens (tertiary/aromatic N) is 1. The van der Waals surface area contributed by atoms with Gasteiger partial charge in [-0.2, -0.15) is 0 Å².